The van der Waals surface area contributed by atoms with E-state index in [1.165, 1.54) is 0 Å². The van der Waals surface area contributed by atoms with Gasteiger partial charge in [-0.2, -0.15) is 0 Å². The van der Waals surface area contributed by atoms with Crippen LogP contribution in [0, 0.1) is 0 Å². The lowest BCUT2D eigenvalue weighted by Gasteiger charge is -2.29. The first kappa shape index (κ1) is 47.4. The Morgan fingerprint density at radius 1 is 0.149 bits per heavy atom. The molecule has 0 bridgehead atoms. The van der Waals surface area contributed by atoms with Crippen molar-refractivity contribution >= 4 is 125 Å². The lowest BCUT2D eigenvalue weighted by atomic mass is 10.1. The molecule has 0 saturated carbocycles. The first-order chi connectivity index (χ1) is 36.3. The SMILES string of the molecule is O=P(c1ccccc1)(c1ccccc1)c1ccc(P(=O)(c2ccc(P(=O)(c3ccccc3)c3ccccc3)c3ccccc23)c2ccc(P(=O)(c3ccccc3)c3ccccc3)c3ccccc23)c2ccccc12. The molecule has 0 atom stereocenters. The smallest absolute Gasteiger partial charge is 0.172 e. The highest BCUT2D eigenvalue weighted by Crippen LogP contribution is 2.53. The Kier molecular flexibility index (Phi) is 12.4. The van der Waals surface area contributed by atoms with Gasteiger partial charge in [-0.15, -0.1) is 0 Å². The van der Waals surface area contributed by atoms with E-state index in [0.717, 1.165) is 16.2 Å². The predicted octanol–water partition coefficient (Wildman–Crippen LogP) is 11.7. The number of rotatable bonds is 12. The molecule has 0 spiro atoms. The lowest BCUT2D eigenvalue weighted by molar-refractivity contribution is 0.591. The zero-order valence-electron chi connectivity index (χ0n) is 40.1. The number of hydrogen-bond donors (Lipinski definition) is 0. The second-order valence-corrected chi connectivity index (χ2v) is 29.3. The van der Waals surface area contributed by atoms with Gasteiger partial charge < -0.3 is 18.3 Å². The summed E-state index contributed by atoms with van der Waals surface area (Å²) in [5.74, 6) is 0. The second kappa shape index (κ2) is 19.3. The van der Waals surface area contributed by atoms with Gasteiger partial charge in [0, 0.05) is 63.7 Å². The minimum Gasteiger partial charge on any atom is -0.309 e. The second-order valence-electron chi connectivity index (χ2n) is 18.4. The minimum absolute atomic E-state index is 0.559. The van der Waals surface area contributed by atoms with Crippen LogP contribution in [0.4, 0.5) is 0 Å². The first-order valence-corrected chi connectivity index (χ1v) is 31.4. The van der Waals surface area contributed by atoms with Crippen LogP contribution in [0.25, 0.3) is 32.3 Å². The molecule has 12 rings (SSSR count). The monoisotopic (exact) mass is 1030 g/mol. The van der Waals surface area contributed by atoms with Crippen LogP contribution in [-0.2, 0) is 18.3 Å². The molecule has 0 saturated heterocycles. The van der Waals surface area contributed by atoms with Crippen molar-refractivity contribution in [3.63, 3.8) is 0 Å². The molecule has 0 fully saturated rings. The third kappa shape index (κ3) is 7.60. The van der Waals surface area contributed by atoms with Gasteiger partial charge >= 0.3 is 0 Å². The maximum atomic E-state index is 18.2. The summed E-state index contributed by atoms with van der Waals surface area (Å²) in [5.41, 5.74) is 0. The third-order valence-electron chi connectivity index (χ3n) is 14.4. The molecule has 12 aromatic rings. The van der Waals surface area contributed by atoms with Crippen LogP contribution in [0.15, 0.2) is 291 Å². The highest BCUT2D eigenvalue weighted by atomic mass is 31.2. The average Bonchev–Trinajstić information content (AvgIpc) is 3.50. The summed E-state index contributed by atoms with van der Waals surface area (Å²) < 4.78 is 67.0. The molecule has 0 aliphatic carbocycles. The Labute approximate surface area is 431 Å². The van der Waals surface area contributed by atoms with Gasteiger partial charge in [0.2, 0.25) is 0 Å². The Morgan fingerprint density at radius 2 is 0.284 bits per heavy atom. The van der Waals surface area contributed by atoms with Crippen LogP contribution in [0.5, 0.6) is 0 Å². The summed E-state index contributed by atoms with van der Waals surface area (Å²) in [5, 5.41) is 12.0. The molecule has 0 aromatic heterocycles. The van der Waals surface area contributed by atoms with E-state index in [2.05, 4.69) is 0 Å². The van der Waals surface area contributed by atoms with Crippen LogP contribution in [0.1, 0.15) is 0 Å². The average molecular weight is 1030 g/mol. The summed E-state index contributed by atoms with van der Waals surface area (Å²) in [6.07, 6.45) is 0. The number of benzene rings is 12. The van der Waals surface area contributed by atoms with Crippen molar-refractivity contribution in [2.75, 3.05) is 0 Å². The summed E-state index contributed by atoms with van der Waals surface area (Å²) in [6.45, 7) is 0. The van der Waals surface area contributed by atoms with Gasteiger partial charge in [-0.25, -0.2) is 0 Å². The van der Waals surface area contributed by atoms with Gasteiger partial charge in [-0.05, 0) is 68.7 Å². The van der Waals surface area contributed by atoms with E-state index in [1.807, 2.05) is 291 Å². The number of fused-ring (bicyclic) bond motifs is 3. The third-order valence-corrected chi connectivity index (χ3v) is 27.0. The van der Waals surface area contributed by atoms with Crippen LogP contribution in [0.3, 0.4) is 0 Å². The fourth-order valence-corrected chi connectivity index (χ4v) is 22.8. The molecule has 0 N–H and O–H groups in total. The van der Waals surface area contributed by atoms with E-state index in [1.54, 1.807) is 0 Å². The number of hydrogen-bond acceptors (Lipinski definition) is 4. The maximum absolute atomic E-state index is 18.2. The van der Waals surface area contributed by atoms with E-state index in [4.69, 9.17) is 0 Å². The molecule has 0 amide bonds. The molecule has 12 aromatic carbocycles. The van der Waals surface area contributed by atoms with E-state index < -0.39 is 28.6 Å². The van der Waals surface area contributed by atoms with Crippen molar-refractivity contribution in [1.29, 1.82) is 0 Å². The van der Waals surface area contributed by atoms with Gasteiger partial charge in [0.1, 0.15) is 0 Å². The predicted molar refractivity (Wildman–Crippen MR) is 317 cm³/mol. The molecule has 0 heterocycles. The van der Waals surface area contributed by atoms with Gasteiger partial charge in [-0.3, -0.25) is 0 Å². The van der Waals surface area contributed by atoms with E-state index in [0.29, 0.717) is 79.8 Å². The quantitative estimate of drug-likeness (QED) is 0.114. The molecule has 0 aliphatic rings. The molecule has 0 unspecified atom stereocenters. The van der Waals surface area contributed by atoms with E-state index >= 15 is 18.3 Å². The highest BCUT2D eigenvalue weighted by molar-refractivity contribution is 7.88. The normalized spacial score (nSPS) is 12.3. The zero-order valence-corrected chi connectivity index (χ0v) is 43.7. The summed E-state index contributed by atoms with van der Waals surface area (Å²) in [7, 11) is -14.7. The maximum Gasteiger partial charge on any atom is 0.172 e. The van der Waals surface area contributed by atoms with Gasteiger partial charge in [0.25, 0.3) is 0 Å². The molecule has 0 radical (unpaired) electrons. The van der Waals surface area contributed by atoms with Gasteiger partial charge in [0.05, 0.1) is 0 Å². The highest BCUT2D eigenvalue weighted by Gasteiger charge is 2.41. The molecule has 8 heteroatoms. The summed E-state index contributed by atoms with van der Waals surface area (Å²) in [4.78, 5) is 0. The summed E-state index contributed by atoms with van der Waals surface area (Å²) >= 11 is 0. The minimum atomic E-state index is -4.13. The van der Waals surface area contributed by atoms with Crippen molar-refractivity contribution in [3.05, 3.63) is 291 Å². The Balaban J connectivity index is 1.19. The van der Waals surface area contributed by atoms with Crippen LogP contribution in [-0.4, -0.2) is 0 Å². The van der Waals surface area contributed by atoms with Crippen molar-refractivity contribution in [2.45, 2.75) is 0 Å². The Bertz CT molecular complexity index is 3680. The van der Waals surface area contributed by atoms with Gasteiger partial charge in [-0.1, -0.05) is 255 Å². The van der Waals surface area contributed by atoms with Crippen molar-refractivity contribution < 1.29 is 18.3 Å². The van der Waals surface area contributed by atoms with E-state index in [-0.39, 0.29) is 0 Å². The Hall–Kier alpha value is -7.66. The fourth-order valence-electron chi connectivity index (χ4n) is 10.9. The van der Waals surface area contributed by atoms with E-state index in [9.17, 15) is 0 Å². The molecule has 4 nitrogen and oxygen atoms in total. The fraction of sp³-hybridized carbons (Fsp3) is 0. The molecule has 356 valence electrons. The molecule has 74 heavy (non-hydrogen) atoms. The van der Waals surface area contributed by atoms with Crippen molar-refractivity contribution in [3.8, 4) is 0 Å². The largest absolute Gasteiger partial charge is 0.309 e. The lowest BCUT2D eigenvalue weighted by Crippen LogP contribution is -2.32. The molecule has 0 aliphatic heterocycles. The first-order valence-electron chi connectivity index (χ1n) is 24.6. The summed E-state index contributed by atoms with van der Waals surface area (Å²) in [6, 6.07) is 92.9. The van der Waals surface area contributed by atoms with Crippen LogP contribution >= 0.6 is 28.6 Å². The van der Waals surface area contributed by atoms with Crippen LogP contribution in [0.2, 0.25) is 0 Å². The molecular formula is C66H48O4P4. The van der Waals surface area contributed by atoms with Crippen molar-refractivity contribution in [1.82, 2.24) is 0 Å². The van der Waals surface area contributed by atoms with Crippen LogP contribution < -0.4 is 63.7 Å². The topological polar surface area (TPSA) is 68.3 Å². The molecular weight excluding hydrogens is 981 g/mol. The standard InChI is InChI=1S/C66H48O4P4/c67-71(49-25-7-1-8-26-49,50-27-9-2-10-28-50)61-43-46-64(58-40-22-19-37-55(58)61)74(70,65-47-44-62(56-38-20-23-41-59(56)65)72(68,51-29-11-3-12-30-51)52-31-13-4-14-32-52)66-48-45-63(57-39-21-24-42-60(57)66)73(69,53-33-15-5-16-34-53)54-35-17-6-18-36-54/h1-48H. The van der Waals surface area contributed by atoms with Crippen molar-refractivity contribution in [2.24, 2.45) is 0 Å². The zero-order chi connectivity index (χ0) is 50.3. The Morgan fingerprint density at radius 3 is 0.446 bits per heavy atom. The van der Waals surface area contributed by atoms with Gasteiger partial charge in [0.15, 0.2) is 28.6 Å².